The van der Waals surface area contributed by atoms with Crippen molar-refractivity contribution in [2.45, 2.75) is 6.42 Å². The van der Waals surface area contributed by atoms with Gasteiger partial charge >= 0.3 is 5.97 Å². The largest absolute Gasteiger partial charge is 0.469 e. The summed E-state index contributed by atoms with van der Waals surface area (Å²) in [5.74, 6) is -0.797. The number of amides is 1. The standard InChI is InChI=1S/C7H11NO3/c1-5(7(10)8-2)4-6(9)11-3/h1,4H2,2-3H3,(H,8,10). The number of methoxy groups -OCH3 is 1. The van der Waals surface area contributed by atoms with Crippen LogP contribution in [-0.2, 0) is 14.3 Å². The van der Waals surface area contributed by atoms with Gasteiger partial charge in [0.1, 0.15) is 0 Å². The molecule has 1 amide bonds. The first kappa shape index (κ1) is 9.68. The van der Waals surface area contributed by atoms with E-state index in [4.69, 9.17) is 0 Å². The summed E-state index contributed by atoms with van der Waals surface area (Å²) < 4.78 is 4.34. The first-order valence-corrected chi connectivity index (χ1v) is 3.08. The maximum atomic E-state index is 10.7. The molecule has 0 radical (unpaired) electrons. The van der Waals surface area contributed by atoms with Gasteiger partial charge in [-0.15, -0.1) is 0 Å². The smallest absolute Gasteiger partial charge is 0.310 e. The zero-order valence-corrected chi connectivity index (χ0v) is 6.64. The molecular weight excluding hydrogens is 146 g/mol. The van der Waals surface area contributed by atoms with Crippen LogP contribution in [0.5, 0.6) is 0 Å². The second kappa shape index (κ2) is 4.49. The highest BCUT2D eigenvalue weighted by Crippen LogP contribution is 1.98. The maximum Gasteiger partial charge on any atom is 0.310 e. The molecule has 4 heteroatoms. The minimum Gasteiger partial charge on any atom is -0.469 e. The summed E-state index contributed by atoms with van der Waals surface area (Å²) in [5.41, 5.74) is 0.208. The Hall–Kier alpha value is -1.32. The van der Waals surface area contributed by atoms with Crippen LogP contribution in [-0.4, -0.2) is 26.0 Å². The summed E-state index contributed by atoms with van der Waals surface area (Å²) in [6.45, 7) is 3.40. The number of esters is 1. The van der Waals surface area contributed by atoms with Crippen molar-refractivity contribution in [3.8, 4) is 0 Å². The fourth-order valence-corrected chi connectivity index (χ4v) is 0.503. The summed E-state index contributed by atoms with van der Waals surface area (Å²) in [7, 11) is 2.74. The highest BCUT2D eigenvalue weighted by molar-refractivity contribution is 5.96. The third-order valence-corrected chi connectivity index (χ3v) is 1.13. The topological polar surface area (TPSA) is 55.4 Å². The summed E-state index contributed by atoms with van der Waals surface area (Å²) in [6.07, 6.45) is -0.0594. The van der Waals surface area contributed by atoms with Gasteiger partial charge in [0.2, 0.25) is 5.91 Å². The zero-order chi connectivity index (χ0) is 8.85. The van der Waals surface area contributed by atoms with Crippen molar-refractivity contribution in [1.29, 1.82) is 0 Å². The fraction of sp³-hybridized carbons (Fsp3) is 0.429. The lowest BCUT2D eigenvalue weighted by Gasteiger charge is -2.01. The van der Waals surface area contributed by atoms with E-state index in [1.807, 2.05) is 0 Å². The Labute approximate surface area is 65.2 Å². The average molecular weight is 157 g/mol. The van der Waals surface area contributed by atoms with Gasteiger partial charge in [0.25, 0.3) is 0 Å². The molecule has 0 bridgehead atoms. The minimum absolute atomic E-state index is 0.0594. The van der Waals surface area contributed by atoms with Crippen LogP contribution in [0.15, 0.2) is 12.2 Å². The molecule has 1 N–H and O–H groups in total. The molecule has 0 spiro atoms. The number of ether oxygens (including phenoxy) is 1. The lowest BCUT2D eigenvalue weighted by atomic mass is 10.2. The van der Waals surface area contributed by atoms with Gasteiger partial charge in [-0.2, -0.15) is 0 Å². The fourth-order valence-electron chi connectivity index (χ4n) is 0.503. The molecule has 0 aliphatic rings. The molecular formula is C7H11NO3. The molecule has 0 aliphatic carbocycles. The molecule has 11 heavy (non-hydrogen) atoms. The van der Waals surface area contributed by atoms with Gasteiger partial charge in [0.05, 0.1) is 13.5 Å². The number of hydrogen-bond donors (Lipinski definition) is 1. The first-order valence-electron chi connectivity index (χ1n) is 3.08. The lowest BCUT2D eigenvalue weighted by molar-refractivity contribution is -0.140. The van der Waals surface area contributed by atoms with E-state index >= 15 is 0 Å². The van der Waals surface area contributed by atoms with Crippen molar-refractivity contribution < 1.29 is 14.3 Å². The molecule has 0 atom stereocenters. The van der Waals surface area contributed by atoms with Crippen LogP contribution in [0, 0.1) is 0 Å². The Morgan fingerprint density at radius 2 is 2.09 bits per heavy atom. The number of carbonyl (C=O) groups excluding carboxylic acids is 2. The van der Waals surface area contributed by atoms with Gasteiger partial charge in [0.15, 0.2) is 0 Å². The summed E-state index contributed by atoms with van der Waals surface area (Å²) in [6, 6.07) is 0. The van der Waals surface area contributed by atoms with Crippen molar-refractivity contribution in [2.24, 2.45) is 0 Å². The predicted octanol–water partition coefficient (Wildman–Crippen LogP) is -0.148. The number of likely N-dealkylation sites (N-methyl/N-ethyl adjacent to an activating group) is 1. The average Bonchev–Trinajstić information content (AvgIpc) is 2.02. The number of nitrogens with one attached hydrogen (secondary N) is 1. The molecule has 0 aliphatic heterocycles. The molecule has 0 rings (SSSR count). The molecule has 0 fully saturated rings. The second-order valence-electron chi connectivity index (χ2n) is 1.94. The van der Waals surface area contributed by atoms with Gasteiger partial charge in [0, 0.05) is 12.6 Å². The monoisotopic (exact) mass is 157 g/mol. The van der Waals surface area contributed by atoms with Crippen LogP contribution >= 0.6 is 0 Å². The Morgan fingerprint density at radius 3 is 2.45 bits per heavy atom. The highest BCUT2D eigenvalue weighted by atomic mass is 16.5. The Bertz CT molecular complexity index is 186. The second-order valence-corrected chi connectivity index (χ2v) is 1.94. The van der Waals surface area contributed by atoms with Crippen molar-refractivity contribution in [3.05, 3.63) is 12.2 Å². The molecule has 0 aromatic rings. The maximum absolute atomic E-state index is 10.7. The van der Waals surface area contributed by atoms with Crippen LogP contribution < -0.4 is 5.32 Å². The van der Waals surface area contributed by atoms with E-state index in [9.17, 15) is 9.59 Å². The van der Waals surface area contributed by atoms with Crippen molar-refractivity contribution in [1.82, 2.24) is 5.32 Å². The predicted molar refractivity (Wildman–Crippen MR) is 39.8 cm³/mol. The summed E-state index contributed by atoms with van der Waals surface area (Å²) >= 11 is 0. The van der Waals surface area contributed by atoms with Crippen LogP contribution in [0.2, 0.25) is 0 Å². The lowest BCUT2D eigenvalue weighted by Crippen LogP contribution is -2.21. The van der Waals surface area contributed by atoms with E-state index in [2.05, 4.69) is 16.6 Å². The quantitative estimate of drug-likeness (QED) is 0.458. The van der Waals surface area contributed by atoms with E-state index in [0.29, 0.717) is 0 Å². The third-order valence-electron chi connectivity index (χ3n) is 1.13. The van der Waals surface area contributed by atoms with E-state index < -0.39 is 5.97 Å². The zero-order valence-electron chi connectivity index (χ0n) is 6.64. The van der Waals surface area contributed by atoms with Crippen molar-refractivity contribution in [3.63, 3.8) is 0 Å². The Kier molecular flexibility index (Phi) is 3.95. The molecule has 0 unspecified atom stereocenters. The van der Waals surface area contributed by atoms with Gasteiger partial charge in [-0.3, -0.25) is 9.59 Å². The normalized spacial score (nSPS) is 8.55. The molecule has 0 saturated carbocycles. The van der Waals surface area contributed by atoms with Crippen LogP contribution in [0.4, 0.5) is 0 Å². The van der Waals surface area contributed by atoms with Crippen LogP contribution in [0.3, 0.4) is 0 Å². The van der Waals surface area contributed by atoms with Gasteiger partial charge in [-0.25, -0.2) is 0 Å². The van der Waals surface area contributed by atoms with Crippen LogP contribution in [0.25, 0.3) is 0 Å². The summed E-state index contributed by atoms with van der Waals surface area (Å²) in [5, 5.41) is 2.35. The number of hydrogen-bond acceptors (Lipinski definition) is 3. The summed E-state index contributed by atoms with van der Waals surface area (Å²) in [4.78, 5) is 21.3. The SMILES string of the molecule is C=C(CC(=O)OC)C(=O)NC. The van der Waals surface area contributed by atoms with E-state index in [0.717, 1.165) is 0 Å². The van der Waals surface area contributed by atoms with Crippen molar-refractivity contribution in [2.75, 3.05) is 14.2 Å². The molecule has 0 aromatic heterocycles. The van der Waals surface area contributed by atoms with Gasteiger partial charge < -0.3 is 10.1 Å². The molecule has 0 saturated heterocycles. The minimum atomic E-state index is -0.460. The van der Waals surface area contributed by atoms with Crippen molar-refractivity contribution >= 4 is 11.9 Å². The number of rotatable bonds is 3. The van der Waals surface area contributed by atoms with E-state index in [1.54, 1.807) is 0 Å². The Morgan fingerprint density at radius 1 is 1.55 bits per heavy atom. The molecule has 62 valence electrons. The molecule has 4 nitrogen and oxygen atoms in total. The van der Waals surface area contributed by atoms with Crippen LogP contribution in [0.1, 0.15) is 6.42 Å². The first-order chi connectivity index (χ1) is 5.11. The number of carbonyl (C=O) groups is 2. The van der Waals surface area contributed by atoms with E-state index in [1.165, 1.54) is 14.2 Å². The molecule has 0 aromatic carbocycles. The Balaban J connectivity index is 3.88. The highest BCUT2D eigenvalue weighted by Gasteiger charge is 2.09. The van der Waals surface area contributed by atoms with Gasteiger partial charge in [-0.1, -0.05) is 6.58 Å². The van der Waals surface area contributed by atoms with E-state index in [-0.39, 0.29) is 17.9 Å². The molecule has 0 heterocycles. The third kappa shape index (κ3) is 3.40. The van der Waals surface area contributed by atoms with Gasteiger partial charge in [-0.05, 0) is 0 Å².